The van der Waals surface area contributed by atoms with Crippen LogP contribution in [0.1, 0.15) is 44.6 Å². The van der Waals surface area contributed by atoms with Gasteiger partial charge in [-0.05, 0) is 25.8 Å². The van der Waals surface area contributed by atoms with Gasteiger partial charge < -0.3 is 20.1 Å². The number of hydrogen-bond acceptors (Lipinski definition) is 4. The molecule has 1 aromatic rings. The fraction of sp³-hybridized carbons (Fsp3) is 0.579. The van der Waals surface area contributed by atoms with E-state index < -0.39 is 0 Å². The van der Waals surface area contributed by atoms with Crippen molar-refractivity contribution in [1.29, 1.82) is 0 Å². The number of nitrogens with zero attached hydrogens (tertiary/aromatic N) is 1. The van der Waals surface area contributed by atoms with Crippen LogP contribution in [-0.2, 0) is 16.1 Å². The molecule has 7 heteroatoms. The highest BCUT2D eigenvalue weighted by molar-refractivity contribution is 14.0. The summed E-state index contributed by atoms with van der Waals surface area (Å²) in [5.74, 6) is 1.53. The van der Waals surface area contributed by atoms with Crippen molar-refractivity contribution in [3.05, 3.63) is 29.8 Å². The van der Waals surface area contributed by atoms with Crippen LogP contribution in [0, 0.1) is 0 Å². The maximum atomic E-state index is 11.0. The summed E-state index contributed by atoms with van der Waals surface area (Å²) in [6.07, 6.45) is 4.55. The van der Waals surface area contributed by atoms with Crippen molar-refractivity contribution in [2.75, 3.05) is 27.3 Å². The molecule has 26 heavy (non-hydrogen) atoms. The summed E-state index contributed by atoms with van der Waals surface area (Å²) in [4.78, 5) is 15.6. The first-order valence-electron chi connectivity index (χ1n) is 8.92. The topological polar surface area (TPSA) is 72.0 Å². The number of aliphatic imine (C=N–C) groups is 1. The Bertz CT molecular complexity index is 539. The Morgan fingerprint density at radius 3 is 2.50 bits per heavy atom. The van der Waals surface area contributed by atoms with Crippen LogP contribution in [-0.4, -0.2) is 39.2 Å². The molecule has 0 spiro atoms. The zero-order valence-corrected chi connectivity index (χ0v) is 18.4. The summed E-state index contributed by atoms with van der Waals surface area (Å²) in [6.45, 7) is 4.29. The van der Waals surface area contributed by atoms with Gasteiger partial charge in [0, 0.05) is 25.1 Å². The summed E-state index contributed by atoms with van der Waals surface area (Å²) in [5, 5.41) is 6.60. The average Bonchev–Trinajstić information content (AvgIpc) is 2.65. The first-order valence-corrected chi connectivity index (χ1v) is 8.92. The van der Waals surface area contributed by atoms with Crippen LogP contribution in [0.15, 0.2) is 29.3 Å². The van der Waals surface area contributed by atoms with Crippen molar-refractivity contribution in [3.8, 4) is 5.75 Å². The van der Waals surface area contributed by atoms with Crippen molar-refractivity contribution in [1.82, 2.24) is 10.6 Å². The van der Waals surface area contributed by atoms with Gasteiger partial charge in [-0.2, -0.15) is 0 Å². The molecule has 0 aliphatic carbocycles. The minimum atomic E-state index is -0.129. The number of carbonyl (C=O) groups is 1. The normalized spacial score (nSPS) is 10.7. The third-order valence-electron chi connectivity index (χ3n) is 3.77. The fourth-order valence-corrected chi connectivity index (χ4v) is 2.40. The van der Waals surface area contributed by atoms with Crippen molar-refractivity contribution < 1.29 is 14.3 Å². The summed E-state index contributed by atoms with van der Waals surface area (Å²) in [5.41, 5.74) is 1.06. The Morgan fingerprint density at radius 2 is 1.81 bits per heavy atom. The summed E-state index contributed by atoms with van der Waals surface area (Å²) in [6, 6.07) is 7.91. The van der Waals surface area contributed by atoms with Crippen LogP contribution in [0.2, 0.25) is 0 Å². The van der Waals surface area contributed by atoms with Gasteiger partial charge in [-0.3, -0.25) is 4.79 Å². The molecule has 1 aromatic carbocycles. The largest absolute Gasteiger partial charge is 0.496 e. The second-order valence-corrected chi connectivity index (χ2v) is 5.67. The Balaban J connectivity index is 0.00000625. The van der Waals surface area contributed by atoms with Gasteiger partial charge in [0.25, 0.3) is 0 Å². The van der Waals surface area contributed by atoms with Gasteiger partial charge in [-0.1, -0.05) is 31.0 Å². The van der Waals surface area contributed by atoms with Gasteiger partial charge in [-0.15, -0.1) is 24.0 Å². The predicted molar refractivity (Wildman–Crippen MR) is 116 cm³/mol. The molecule has 0 aliphatic rings. The van der Waals surface area contributed by atoms with E-state index in [9.17, 15) is 4.79 Å². The summed E-state index contributed by atoms with van der Waals surface area (Å²) in [7, 11) is 3.10. The minimum absolute atomic E-state index is 0. The Labute approximate surface area is 174 Å². The lowest BCUT2D eigenvalue weighted by molar-refractivity contribution is -0.140. The maximum Gasteiger partial charge on any atom is 0.305 e. The number of nitrogens with one attached hydrogen (secondary N) is 2. The molecule has 0 saturated heterocycles. The number of benzene rings is 1. The van der Waals surface area contributed by atoms with E-state index in [0.717, 1.165) is 56.0 Å². The third-order valence-corrected chi connectivity index (χ3v) is 3.77. The molecule has 0 heterocycles. The standard InChI is InChI=1S/C19H31N3O3.HI/c1-4-20-19(21-14-10-6-5-7-13-18(23)25-3)22-15-16-11-8-9-12-17(16)24-2;/h8-9,11-12H,4-7,10,13-15H2,1-3H3,(H2,20,21,22);1H. The lowest BCUT2D eigenvalue weighted by Crippen LogP contribution is -2.37. The molecule has 1 rings (SSSR count). The number of halogens is 1. The molecule has 0 atom stereocenters. The van der Waals surface area contributed by atoms with Crippen molar-refractivity contribution in [2.24, 2.45) is 4.99 Å². The second-order valence-electron chi connectivity index (χ2n) is 5.67. The minimum Gasteiger partial charge on any atom is -0.496 e. The van der Waals surface area contributed by atoms with Gasteiger partial charge in [0.2, 0.25) is 0 Å². The van der Waals surface area contributed by atoms with Gasteiger partial charge in [0.05, 0.1) is 20.8 Å². The summed E-state index contributed by atoms with van der Waals surface area (Å²) < 4.78 is 9.99. The van der Waals surface area contributed by atoms with E-state index in [1.807, 2.05) is 31.2 Å². The first kappa shape index (κ1) is 24.5. The molecule has 0 aromatic heterocycles. The number of methoxy groups -OCH3 is 2. The smallest absolute Gasteiger partial charge is 0.305 e. The highest BCUT2D eigenvalue weighted by Crippen LogP contribution is 2.17. The van der Waals surface area contributed by atoms with Crippen molar-refractivity contribution in [3.63, 3.8) is 0 Å². The molecule has 6 nitrogen and oxygen atoms in total. The Kier molecular flexibility index (Phi) is 14.8. The molecule has 0 amide bonds. The fourth-order valence-electron chi connectivity index (χ4n) is 2.40. The molecule has 2 N–H and O–H groups in total. The third kappa shape index (κ3) is 10.5. The number of rotatable bonds is 11. The van der Waals surface area contributed by atoms with E-state index in [1.54, 1.807) is 7.11 Å². The molecule has 0 bridgehead atoms. The van der Waals surface area contributed by atoms with Crippen molar-refractivity contribution >= 4 is 35.9 Å². The lowest BCUT2D eigenvalue weighted by atomic mass is 10.1. The number of ether oxygens (including phenoxy) is 2. The first-order chi connectivity index (χ1) is 12.2. The molecule has 0 unspecified atom stereocenters. The number of hydrogen-bond donors (Lipinski definition) is 2. The van der Waals surface area contributed by atoms with Crippen LogP contribution < -0.4 is 15.4 Å². The summed E-state index contributed by atoms with van der Waals surface area (Å²) >= 11 is 0. The zero-order chi connectivity index (χ0) is 18.3. The van der Waals surface area contributed by atoms with E-state index in [1.165, 1.54) is 7.11 Å². The van der Waals surface area contributed by atoms with E-state index in [-0.39, 0.29) is 29.9 Å². The Morgan fingerprint density at radius 1 is 1.08 bits per heavy atom. The molecule has 0 aliphatic heterocycles. The lowest BCUT2D eigenvalue weighted by Gasteiger charge is -2.12. The van der Waals surface area contributed by atoms with Crippen molar-refractivity contribution in [2.45, 2.75) is 45.6 Å². The number of unbranched alkanes of at least 4 members (excludes halogenated alkanes) is 3. The van der Waals surface area contributed by atoms with E-state index in [2.05, 4.69) is 20.4 Å². The molecule has 0 saturated carbocycles. The van der Waals surface area contributed by atoms with E-state index in [4.69, 9.17) is 4.74 Å². The van der Waals surface area contributed by atoms with Crippen LogP contribution in [0.3, 0.4) is 0 Å². The van der Waals surface area contributed by atoms with Gasteiger partial charge in [-0.25, -0.2) is 4.99 Å². The predicted octanol–water partition coefficient (Wildman–Crippen LogP) is 3.49. The van der Waals surface area contributed by atoms with Crippen LogP contribution in [0.5, 0.6) is 5.75 Å². The maximum absolute atomic E-state index is 11.0. The van der Waals surface area contributed by atoms with Crippen LogP contribution in [0.25, 0.3) is 0 Å². The quantitative estimate of drug-likeness (QED) is 0.168. The van der Waals surface area contributed by atoms with Crippen LogP contribution >= 0.6 is 24.0 Å². The molecule has 148 valence electrons. The average molecular weight is 477 g/mol. The molecule has 0 fully saturated rings. The molecular weight excluding hydrogens is 445 g/mol. The van der Waals surface area contributed by atoms with Gasteiger partial charge in [0.1, 0.15) is 5.75 Å². The Hall–Kier alpha value is -1.51. The monoisotopic (exact) mass is 477 g/mol. The number of carbonyl (C=O) groups excluding carboxylic acids is 1. The van der Waals surface area contributed by atoms with Crippen LogP contribution in [0.4, 0.5) is 0 Å². The molecule has 0 radical (unpaired) electrons. The number of esters is 1. The molecular formula is C19H32IN3O3. The highest BCUT2D eigenvalue weighted by atomic mass is 127. The zero-order valence-electron chi connectivity index (χ0n) is 16.0. The van der Waals surface area contributed by atoms with E-state index in [0.29, 0.717) is 13.0 Å². The highest BCUT2D eigenvalue weighted by Gasteiger charge is 2.03. The second kappa shape index (κ2) is 15.7. The van der Waals surface area contributed by atoms with E-state index >= 15 is 0 Å². The number of guanidine groups is 1. The van der Waals surface area contributed by atoms with Gasteiger partial charge >= 0.3 is 5.97 Å². The van der Waals surface area contributed by atoms with Gasteiger partial charge in [0.15, 0.2) is 5.96 Å². The SMILES string of the molecule is CCNC(=NCc1ccccc1OC)NCCCCCCC(=O)OC.I. The number of para-hydroxylation sites is 1.